The summed E-state index contributed by atoms with van der Waals surface area (Å²) in [5, 5.41) is 0.375. The first-order valence-electron chi connectivity index (χ1n) is 7.94. The van der Waals surface area contributed by atoms with Crippen LogP contribution in [-0.4, -0.2) is 30.4 Å². The molecule has 0 saturated carbocycles. The minimum Gasteiger partial charge on any atom is -0.483 e. The summed E-state index contributed by atoms with van der Waals surface area (Å²) in [5.41, 5.74) is 7.75. The third kappa shape index (κ3) is 5.22. The van der Waals surface area contributed by atoms with E-state index in [0.717, 1.165) is 12.0 Å². The van der Waals surface area contributed by atoms with E-state index in [0.29, 0.717) is 11.6 Å². The zero-order valence-electron chi connectivity index (χ0n) is 14.3. The summed E-state index contributed by atoms with van der Waals surface area (Å²) < 4.78 is 5.46. The molecular weight excluding hydrogens is 340 g/mol. The molecule has 0 aliphatic heterocycles. The van der Waals surface area contributed by atoms with Gasteiger partial charge in [-0.25, -0.2) is 0 Å². The first-order chi connectivity index (χ1) is 11.9. The number of aryl methyl sites for hydroxylation is 1. The standard InChI is InChI=1S/C19H21ClN2O3/c1-3-13-4-6-14(7-5-13)11-22(2)18(23)12-25-17-9-8-15(20)10-16(17)19(21)24/h4-10H,3,11-12H2,1-2H3,(H2,21,24). The van der Waals surface area contributed by atoms with E-state index >= 15 is 0 Å². The molecule has 0 unspecified atom stereocenters. The summed E-state index contributed by atoms with van der Waals surface area (Å²) in [7, 11) is 1.70. The highest BCUT2D eigenvalue weighted by atomic mass is 35.5. The van der Waals surface area contributed by atoms with Gasteiger partial charge in [0.25, 0.3) is 11.8 Å². The number of nitrogens with zero attached hydrogens (tertiary/aromatic N) is 1. The van der Waals surface area contributed by atoms with Crippen LogP contribution < -0.4 is 10.5 Å². The predicted molar refractivity (Wildman–Crippen MR) is 97.8 cm³/mol. The van der Waals surface area contributed by atoms with Crippen molar-refractivity contribution < 1.29 is 14.3 Å². The average Bonchev–Trinajstić information content (AvgIpc) is 2.60. The van der Waals surface area contributed by atoms with Crippen molar-refractivity contribution in [1.29, 1.82) is 0 Å². The Morgan fingerprint density at radius 2 is 1.76 bits per heavy atom. The number of primary amides is 1. The molecule has 2 N–H and O–H groups in total. The molecular formula is C19H21ClN2O3. The number of carbonyl (C=O) groups excluding carboxylic acids is 2. The molecule has 132 valence electrons. The Labute approximate surface area is 152 Å². The van der Waals surface area contributed by atoms with Crippen LogP contribution in [0.3, 0.4) is 0 Å². The van der Waals surface area contributed by atoms with Crippen LogP contribution in [0.2, 0.25) is 5.02 Å². The molecule has 0 fully saturated rings. The molecule has 0 spiro atoms. The number of rotatable bonds is 7. The Morgan fingerprint density at radius 3 is 2.36 bits per heavy atom. The van der Waals surface area contributed by atoms with Crippen LogP contribution in [0.4, 0.5) is 0 Å². The fraction of sp³-hybridized carbons (Fsp3) is 0.263. The summed E-state index contributed by atoms with van der Waals surface area (Å²) in [6.45, 7) is 2.39. The molecule has 0 atom stereocenters. The molecule has 0 radical (unpaired) electrons. The predicted octanol–water partition coefficient (Wildman–Crippen LogP) is 3.04. The minimum absolute atomic E-state index is 0.151. The second-order valence-corrected chi connectivity index (χ2v) is 6.15. The van der Waals surface area contributed by atoms with E-state index in [9.17, 15) is 9.59 Å². The van der Waals surface area contributed by atoms with E-state index < -0.39 is 5.91 Å². The third-order valence-corrected chi connectivity index (χ3v) is 4.07. The summed E-state index contributed by atoms with van der Waals surface area (Å²) in [4.78, 5) is 25.3. The van der Waals surface area contributed by atoms with Crippen LogP contribution in [0.15, 0.2) is 42.5 Å². The van der Waals surface area contributed by atoms with Crippen molar-refractivity contribution in [2.75, 3.05) is 13.7 Å². The average molecular weight is 361 g/mol. The second kappa shape index (κ2) is 8.53. The van der Waals surface area contributed by atoms with Gasteiger partial charge in [0.2, 0.25) is 0 Å². The Balaban J connectivity index is 1.96. The maximum Gasteiger partial charge on any atom is 0.260 e. The number of benzene rings is 2. The van der Waals surface area contributed by atoms with Gasteiger partial charge in [0.05, 0.1) is 5.56 Å². The van der Waals surface area contributed by atoms with E-state index in [-0.39, 0.29) is 23.8 Å². The number of hydrogen-bond acceptors (Lipinski definition) is 3. The zero-order chi connectivity index (χ0) is 18.4. The number of nitrogens with two attached hydrogens (primary N) is 1. The van der Waals surface area contributed by atoms with Crippen molar-refractivity contribution in [2.24, 2.45) is 5.73 Å². The lowest BCUT2D eigenvalue weighted by molar-refractivity contribution is -0.132. The number of carbonyl (C=O) groups is 2. The van der Waals surface area contributed by atoms with Crippen molar-refractivity contribution >= 4 is 23.4 Å². The molecule has 0 heterocycles. The molecule has 2 aromatic carbocycles. The van der Waals surface area contributed by atoms with Gasteiger partial charge in [-0.05, 0) is 35.7 Å². The molecule has 2 aromatic rings. The normalized spacial score (nSPS) is 10.4. The Kier molecular flexibility index (Phi) is 6.42. The van der Waals surface area contributed by atoms with E-state index in [1.807, 2.05) is 12.1 Å². The molecule has 6 heteroatoms. The first kappa shape index (κ1) is 18.8. The van der Waals surface area contributed by atoms with Crippen LogP contribution in [-0.2, 0) is 17.8 Å². The highest BCUT2D eigenvalue weighted by Crippen LogP contribution is 2.22. The monoisotopic (exact) mass is 360 g/mol. The van der Waals surface area contributed by atoms with Crippen LogP contribution in [0, 0.1) is 0 Å². The Hall–Kier alpha value is -2.53. The largest absolute Gasteiger partial charge is 0.483 e. The van der Waals surface area contributed by atoms with Crippen molar-refractivity contribution in [3.63, 3.8) is 0 Å². The molecule has 0 aliphatic carbocycles. The number of hydrogen-bond donors (Lipinski definition) is 1. The number of amides is 2. The molecule has 2 amide bonds. The van der Waals surface area contributed by atoms with E-state index in [1.165, 1.54) is 17.7 Å². The van der Waals surface area contributed by atoms with Gasteiger partial charge < -0.3 is 15.4 Å². The van der Waals surface area contributed by atoms with Gasteiger partial charge in [0, 0.05) is 18.6 Å². The van der Waals surface area contributed by atoms with Gasteiger partial charge in [-0.1, -0.05) is 42.8 Å². The van der Waals surface area contributed by atoms with Gasteiger partial charge >= 0.3 is 0 Å². The van der Waals surface area contributed by atoms with Crippen LogP contribution in [0.25, 0.3) is 0 Å². The lowest BCUT2D eigenvalue weighted by atomic mass is 10.1. The summed E-state index contributed by atoms with van der Waals surface area (Å²) >= 11 is 5.85. The maximum absolute atomic E-state index is 12.3. The molecule has 0 aliphatic rings. The highest BCUT2D eigenvalue weighted by Gasteiger charge is 2.14. The quantitative estimate of drug-likeness (QED) is 0.824. The molecule has 0 saturated heterocycles. The molecule has 25 heavy (non-hydrogen) atoms. The van der Waals surface area contributed by atoms with Crippen LogP contribution >= 0.6 is 11.6 Å². The van der Waals surface area contributed by atoms with Gasteiger partial charge in [-0.2, -0.15) is 0 Å². The molecule has 0 bridgehead atoms. The lowest BCUT2D eigenvalue weighted by Crippen LogP contribution is -2.31. The fourth-order valence-electron chi connectivity index (χ4n) is 2.31. The third-order valence-electron chi connectivity index (χ3n) is 3.83. The topological polar surface area (TPSA) is 72.6 Å². The second-order valence-electron chi connectivity index (χ2n) is 5.71. The van der Waals surface area contributed by atoms with Crippen molar-refractivity contribution in [3.8, 4) is 5.75 Å². The molecule has 5 nitrogen and oxygen atoms in total. The number of ether oxygens (including phenoxy) is 1. The first-order valence-corrected chi connectivity index (χ1v) is 8.32. The van der Waals surface area contributed by atoms with Gasteiger partial charge in [-0.15, -0.1) is 0 Å². The maximum atomic E-state index is 12.3. The summed E-state index contributed by atoms with van der Waals surface area (Å²) in [5.74, 6) is -0.620. The zero-order valence-corrected chi connectivity index (χ0v) is 15.0. The van der Waals surface area contributed by atoms with Gasteiger partial charge in [-0.3, -0.25) is 9.59 Å². The number of halogens is 1. The van der Waals surface area contributed by atoms with E-state index in [1.54, 1.807) is 18.0 Å². The van der Waals surface area contributed by atoms with E-state index in [2.05, 4.69) is 19.1 Å². The van der Waals surface area contributed by atoms with Gasteiger partial charge in [0.1, 0.15) is 5.75 Å². The van der Waals surface area contributed by atoms with Crippen molar-refractivity contribution in [2.45, 2.75) is 19.9 Å². The van der Waals surface area contributed by atoms with Crippen LogP contribution in [0.5, 0.6) is 5.75 Å². The summed E-state index contributed by atoms with van der Waals surface area (Å²) in [6.07, 6.45) is 0.978. The smallest absolute Gasteiger partial charge is 0.260 e. The van der Waals surface area contributed by atoms with Crippen molar-refractivity contribution in [3.05, 3.63) is 64.2 Å². The number of likely N-dealkylation sites (N-methyl/N-ethyl adjacent to an activating group) is 1. The van der Waals surface area contributed by atoms with E-state index in [4.69, 9.17) is 22.1 Å². The highest BCUT2D eigenvalue weighted by molar-refractivity contribution is 6.31. The SMILES string of the molecule is CCc1ccc(CN(C)C(=O)COc2ccc(Cl)cc2C(N)=O)cc1. The van der Waals surface area contributed by atoms with Gasteiger partial charge in [0.15, 0.2) is 6.61 Å². The molecule has 0 aromatic heterocycles. The molecule has 2 rings (SSSR count). The fourth-order valence-corrected chi connectivity index (χ4v) is 2.48. The Bertz CT molecular complexity index is 760. The minimum atomic E-state index is -0.658. The lowest BCUT2D eigenvalue weighted by Gasteiger charge is -2.18. The van der Waals surface area contributed by atoms with Crippen LogP contribution in [0.1, 0.15) is 28.4 Å². The Morgan fingerprint density at radius 1 is 1.12 bits per heavy atom. The summed E-state index contributed by atoms with van der Waals surface area (Å²) in [6, 6.07) is 12.6. The van der Waals surface area contributed by atoms with Crippen molar-refractivity contribution in [1.82, 2.24) is 4.90 Å².